The summed E-state index contributed by atoms with van der Waals surface area (Å²) in [6.07, 6.45) is 6.23. The molecule has 0 spiro atoms. The zero-order valence-electron chi connectivity index (χ0n) is 11.2. The lowest BCUT2D eigenvalue weighted by Crippen LogP contribution is -2.22. The first-order valence-electron chi connectivity index (χ1n) is 6.18. The molecule has 0 bridgehead atoms. The minimum atomic E-state index is 0.653. The van der Waals surface area contributed by atoms with E-state index in [9.17, 15) is 5.26 Å². The van der Waals surface area contributed by atoms with Crippen molar-refractivity contribution in [3.05, 3.63) is 53.5 Å². The molecule has 0 radical (unpaired) electrons. The summed E-state index contributed by atoms with van der Waals surface area (Å²) in [5.41, 5.74) is 2.84. The summed E-state index contributed by atoms with van der Waals surface area (Å²) >= 11 is 0. The van der Waals surface area contributed by atoms with Gasteiger partial charge in [-0.3, -0.25) is 4.98 Å². The van der Waals surface area contributed by atoms with Crippen molar-refractivity contribution in [3.63, 3.8) is 0 Å². The lowest BCUT2D eigenvalue weighted by Gasteiger charge is -2.19. The van der Waals surface area contributed by atoms with Crippen LogP contribution in [0.5, 0.6) is 0 Å². The zero-order chi connectivity index (χ0) is 13.7. The van der Waals surface area contributed by atoms with Gasteiger partial charge in [0.05, 0.1) is 5.56 Å². The second kappa shape index (κ2) is 5.96. The second-order valence-corrected chi connectivity index (χ2v) is 4.47. The Balaban J connectivity index is 2.11. The first-order chi connectivity index (χ1) is 9.22. The molecule has 0 aliphatic carbocycles. The Bertz CT molecular complexity index is 587. The first-order valence-corrected chi connectivity index (χ1v) is 6.18. The number of aryl methyl sites for hydroxylation is 1. The van der Waals surface area contributed by atoms with E-state index in [1.54, 1.807) is 18.6 Å². The van der Waals surface area contributed by atoms with Gasteiger partial charge in [0.15, 0.2) is 0 Å². The van der Waals surface area contributed by atoms with Crippen molar-refractivity contribution >= 4 is 5.82 Å². The highest BCUT2D eigenvalue weighted by molar-refractivity contribution is 5.56. The largest absolute Gasteiger partial charge is 0.358 e. The fourth-order valence-electron chi connectivity index (χ4n) is 1.92. The van der Waals surface area contributed by atoms with Gasteiger partial charge in [-0.1, -0.05) is 0 Å². The highest BCUT2D eigenvalue weighted by Crippen LogP contribution is 2.18. The summed E-state index contributed by atoms with van der Waals surface area (Å²) in [5.74, 6) is 0.747. The van der Waals surface area contributed by atoms with Gasteiger partial charge in [0, 0.05) is 32.2 Å². The van der Waals surface area contributed by atoms with Crippen molar-refractivity contribution < 1.29 is 0 Å². The Morgan fingerprint density at radius 3 is 2.63 bits per heavy atom. The summed E-state index contributed by atoms with van der Waals surface area (Å²) < 4.78 is 0. The van der Waals surface area contributed by atoms with Crippen LogP contribution in [-0.2, 0) is 6.42 Å². The fraction of sp³-hybridized carbons (Fsp3) is 0.267. The highest BCUT2D eigenvalue weighted by atomic mass is 15.2. The van der Waals surface area contributed by atoms with Gasteiger partial charge >= 0.3 is 0 Å². The van der Waals surface area contributed by atoms with Gasteiger partial charge in [-0.2, -0.15) is 5.26 Å². The molecule has 19 heavy (non-hydrogen) atoms. The number of hydrogen-bond donors (Lipinski definition) is 0. The van der Waals surface area contributed by atoms with Crippen molar-refractivity contribution in [2.45, 2.75) is 13.3 Å². The molecule has 0 unspecified atom stereocenters. The second-order valence-electron chi connectivity index (χ2n) is 4.47. The topological polar surface area (TPSA) is 52.8 Å². The van der Waals surface area contributed by atoms with E-state index >= 15 is 0 Å². The van der Waals surface area contributed by atoms with E-state index in [1.807, 2.05) is 37.1 Å². The van der Waals surface area contributed by atoms with E-state index < -0.39 is 0 Å². The maximum absolute atomic E-state index is 9.21. The summed E-state index contributed by atoms with van der Waals surface area (Å²) in [6, 6.07) is 8.09. The van der Waals surface area contributed by atoms with Gasteiger partial charge in [0.25, 0.3) is 0 Å². The SMILES string of the molecule is Cc1ccnc(N(C)CCc2ccncc2)c1C#N. The number of likely N-dealkylation sites (N-methyl/N-ethyl adjacent to an activating group) is 1. The molecule has 2 rings (SSSR count). The van der Waals surface area contributed by atoms with Crippen LogP contribution in [0, 0.1) is 18.3 Å². The van der Waals surface area contributed by atoms with Crippen LogP contribution in [0.2, 0.25) is 0 Å². The van der Waals surface area contributed by atoms with Crippen molar-refractivity contribution in [1.82, 2.24) is 9.97 Å². The number of nitriles is 1. The molecule has 96 valence electrons. The number of nitrogens with zero attached hydrogens (tertiary/aromatic N) is 4. The zero-order valence-corrected chi connectivity index (χ0v) is 11.2. The quantitative estimate of drug-likeness (QED) is 0.838. The van der Waals surface area contributed by atoms with Gasteiger partial charge in [-0.05, 0) is 42.7 Å². The van der Waals surface area contributed by atoms with Crippen LogP contribution >= 0.6 is 0 Å². The van der Waals surface area contributed by atoms with E-state index in [4.69, 9.17) is 0 Å². The Kier molecular flexibility index (Phi) is 4.09. The molecule has 0 N–H and O–H groups in total. The molecule has 0 saturated heterocycles. The third-order valence-electron chi connectivity index (χ3n) is 3.10. The Morgan fingerprint density at radius 2 is 1.95 bits per heavy atom. The van der Waals surface area contributed by atoms with Crippen LogP contribution in [0.1, 0.15) is 16.7 Å². The van der Waals surface area contributed by atoms with Crippen LogP contribution in [0.15, 0.2) is 36.8 Å². The van der Waals surface area contributed by atoms with Crippen LogP contribution in [0.25, 0.3) is 0 Å². The first kappa shape index (κ1) is 13.0. The number of pyridine rings is 2. The Morgan fingerprint density at radius 1 is 1.21 bits per heavy atom. The Labute approximate surface area is 113 Å². The van der Waals surface area contributed by atoms with Crippen LogP contribution in [-0.4, -0.2) is 23.6 Å². The average Bonchev–Trinajstić information content (AvgIpc) is 2.45. The summed E-state index contributed by atoms with van der Waals surface area (Å²) in [4.78, 5) is 10.3. The number of anilines is 1. The summed E-state index contributed by atoms with van der Waals surface area (Å²) in [5, 5.41) is 9.21. The predicted octanol–water partition coefficient (Wildman–Crippen LogP) is 2.34. The summed E-state index contributed by atoms with van der Waals surface area (Å²) in [6.45, 7) is 2.75. The standard InChI is InChI=1S/C15H16N4/c1-12-3-9-18-15(14(12)11-16)19(2)10-6-13-4-7-17-8-5-13/h3-5,7-9H,6,10H2,1-2H3. The molecule has 0 aromatic carbocycles. The van der Waals surface area contributed by atoms with Gasteiger partial charge < -0.3 is 4.90 Å². The Hall–Kier alpha value is -2.41. The minimum absolute atomic E-state index is 0.653. The summed E-state index contributed by atoms with van der Waals surface area (Å²) in [7, 11) is 1.96. The third kappa shape index (κ3) is 3.08. The molecule has 0 fully saturated rings. The molecular weight excluding hydrogens is 236 g/mol. The van der Waals surface area contributed by atoms with E-state index in [0.717, 1.165) is 24.3 Å². The van der Waals surface area contributed by atoms with Crippen molar-refractivity contribution in [2.24, 2.45) is 0 Å². The molecule has 0 aliphatic heterocycles. The lowest BCUT2D eigenvalue weighted by atomic mass is 10.1. The number of aromatic nitrogens is 2. The molecule has 2 aromatic rings. The maximum Gasteiger partial charge on any atom is 0.146 e. The average molecular weight is 252 g/mol. The smallest absolute Gasteiger partial charge is 0.146 e. The fourth-order valence-corrected chi connectivity index (χ4v) is 1.92. The van der Waals surface area contributed by atoms with E-state index in [-0.39, 0.29) is 0 Å². The van der Waals surface area contributed by atoms with Crippen molar-refractivity contribution in [3.8, 4) is 6.07 Å². The number of hydrogen-bond acceptors (Lipinski definition) is 4. The van der Waals surface area contributed by atoms with Crippen molar-refractivity contribution in [2.75, 3.05) is 18.5 Å². The van der Waals surface area contributed by atoms with Gasteiger partial charge in [0.1, 0.15) is 11.9 Å². The molecule has 0 amide bonds. The van der Waals surface area contributed by atoms with Crippen LogP contribution < -0.4 is 4.90 Å². The molecule has 0 aliphatic rings. The van der Waals surface area contributed by atoms with Crippen LogP contribution in [0.3, 0.4) is 0 Å². The van der Waals surface area contributed by atoms with E-state index in [1.165, 1.54) is 5.56 Å². The molecule has 0 saturated carbocycles. The van der Waals surface area contributed by atoms with Crippen molar-refractivity contribution in [1.29, 1.82) is 5.26 Å². The molecule has 0 atom stereocenters. The monoisotopic (exact) mass is 252 g/mol. The molecule has 2 heterocycles. The van der Waals surface area contributed by atoms with Crippen LogP contribution in [0.4, 0.5) is 5.82 Å². The minimum Gasteiger partial charge on any atom is -0.358 e. The number of rotatable bonds is 4. The van der Waals surface area contributed by atoms with Gasteiger partial charge in [-0.15, -0.1) is 0 Å². The molecule has 2 aromatic heterocycles. The maximum atomic E-state index is 9.21. The lowest BCUT2D eigenvalue weighted by molar-refractivity contribution is 0.855. The molecule has 4 heteroatoms. The van der Waals surface area contributed by atoms with E-state index in [2.05, 4.69) is 16.0 Å². The highest BCUT2D eigenvalue weighted by Gasteiger charge is 2.10. The molecule has 4 nitrogen and oxygen atoms in total. The normalized spacial score (nSPS) is 9.95. The predicted molar refractivity (Wildman–Crippen MR) is 74.9 cm³/mol. The van der Waals surface area contributed by atoms with E-state index in [0.29, 0.717) is 5.56 Å². The van der Waals surface area contributed by atoms with Gasteiger partial charge in [0.2, 0.25) is 0 Å². The van der Waals surface area contributed by atoms with Gasteiger partial charge in [-0.25, -0.2) is 4.98 Å². The molecular formula is C15H16N4. The third-order valence-corrected chi connectivity index (χ3v) is 3.10.